The predicted octanol–water partition coefficient (Wildman–Crippen LogP) is 2.01. The first-order valence-corrected chi connectivity index (χ1v) is 10.6. The van der Waals surface area contributed by atoms with Crippen LogP contribution in [0.1, 0.15) is 11.1 Å². The van der Waals surface area contributed by atoms with Gasteiger partial charge in [-0.1, -0.05) is 42.5 Å². The molecule has 0 radical (unpaired) electrons. The van der Waals surface area contributed by atoms with E-state index in [0.29, 0.717) is 6.54 Å². The number of amides is 1. The molecule has 2 heterocycles. The molecule has 26 heavy (non-hydrogen) atoms. The number of benzene rings is 2. The third-order valence-electron chi connectivity index (χ3n) is 5.37. The summed E-state index contributed by atoms with van der Waals surface area (Å²) in [7, 11) is -3.16. The van der Waals surface area contributed by atoms with Crippen molar-refractivity contribution in [2.45, 2.75) is 25.6 Å². The summed E-state index contributed by atoms with van der Waals surface area (Å²) in [5.41, 5.74) is 3.07. The van der Waals surface area contributed by atoms with Crippen LogP contribution in [0.25, 0.3) is 0 Å². The maximum atomic E-state index is 12.9. The Kier molecular flexibility index (Phi) is 4.32. The number of hydrogen-bond acceptors (Lipinski definition) is 4. The topological polar surface area (TPSA) is 57.7 Å². The van der Waals surface area contributed by atoms with Crippen molar-refractivity contribution >= 4 is 21.4 Å². The summed E-state index contributed by atoms with van der Waals surface area (Å²) in [6.07, 6.45) is 0. The zero-order chi connectivity index (χ0) is 18.3. The maximum absolute atomic E-state index is 12.9. The largest absolute Gasteiger partial charge is 0.306 e. The highest BCUT2D eigenvalue weighted by Gasteiger charge is 2.49. The van der Waals surface area contributed by atoms with Gasteiger partial charge in [0, 0.05) is 18.3 Å². The summed E-state index contributed by atoms with van der Waals surface area (Å²) in [6, 6.07) is 16.9. The van der Waals surface area contributed by atoms with E-state index in [-0.39, 0.29) is 36.0 Å². The molecule has 2 aromatic rings. The average molecular weight is 370 g/mol. The highest BCUT2D eigenvalue weighted by molar-refractivity contribution is 7.91. The Morgan fingerprint density at radius 1 is 0.962 bits per heavy atom. The van der Waals surface area contributed by atoms with Crippen LogP contribution in [0.2, 0.25) is 0 Å². The predicted molar refractivity (Wildman–Crippen MR) is 102 cm³/mol. The molecule has 2 aliphatic heterocycles. The number of carbonyl (C=O) groups is 1. The summed E-state index contributed by atoms with van der Waals surface area (Å²) in [5.74, 6) is 0.103. The van der Waals surface area contributed by atoms with E-state index in [1.165, 1.54) is 0 Å². The van der Waals surface area contributed by atoms with E-state index in [1.54, 1.807) is 4.90 Å². The molecule has 2 atom stereocenters. The van der Waals surface area contributed by atoms with Gasteiger partial charge < -0.3 is 4.90 Å². The molecule has 136 valence electrons. The molecule has 0 aromatic heterocycles. The molecule has 6 heteroatoms. The van der Waals surface area contributed by atoms with Crippen molar-refractivity contribution in [3.8, 4) is 0 Å². The molecule has 4 rings (SSSR count). The summed E-state index contributed by atoms with van der Waals surface area (Å²) in [6.45, 7) is 2.87. The molecule has 2 fully saturated rings. The van der Waals surface area contributed by atoms with E-state index in [4.69, 9.17) is 0 Å². The SMILES string of the molecule is Cc1ccccc1CN1CC(=O)N(c2ccccc2)C2CS(=O)(=O)CC21. The van der Waals surface area contributed by atoms with Crippen molar-refractivity contribution in [3.05, 3.63) is 65.7 Å². The average Bonchev–Trinajstić information content (AvgIpc) is 2.93. The van der Waals surface area contributed by atoms with Crippen LogP contribution in [0.5, 0.6) is 0 Å². The van der Waals surface area contributed by atoms with Gasteiger partial charge in [-0.25, -0.2) is 8.42 Å². The minimum Gasteiger partial charge on any atom is -0.306 e. The Morgan fingerprint density at radius 2 is 1.62 bits per heavy atom. The first kappa shape index (κ1) is 17.2. The van der Waals surface area contributed by atoms with E-state index in [0.717, 1.165) is 16.8 Å². The highest BCUT2D eigenvalue weighted by atomic mass is 32.2. The fourth-order valence-electron chi connectivity index (χ4n) is 4.06. The molecule has 5 nitrogen and oxygen atoms in total. The normalized spacial score (nSPS) is 25.3. The van der Waals surface area contributed by atoms with Gasteiger partial charge in [0.2, 0.25) is 5.91 Å². The minimum absolute atomic E-state index is 0.0303. The number of rotatable bonds is 3. The number of piperazine rings is 1. The molecule has 0 aliphatic carbocycles. The smallest absolute Gasteiger partial charge is 0.241 e. The van der Waals surface area contributed by atoms with Crippen LogP contribution in [0.15, 0.2) is 54.6 Å². The molecule has 2 aromatic carbocycles. The number of hydrogen-bond donors (Lipinski definition) is 0. The Hall–Kier alpha value is -2.18. The van der Waals surface area contributed by atoms with Gasteiger partial charge in [0.15, 0.2) is 9.84 Å². The van der Waals surface area contributed by atoms with Crippen LogP contribution in [0.3, 0.4) is 0 Å². The van der Waals surface area contributed by atoms with Crippen LogP contribution in [0, 0.1) is 6.92 Å². The van der Waals surface area contributed by atoms with Gasteiger partial charge in [-0.05, 0) is 30.2 Å². The minimum atomic E-state index is -3.16. The Morgan fingerprint density at radius 3 is 2.35 bits per heavy atom. The quantitative estimate of drug-likeness (QED) is 0.829. The van der Waals surface area contributed by atoms with Crippen LogP contribution in [0.4, 0.5) is 5.69 Å². The second kappa shape index (κ2) is 6.52. The van der Waals surface area contributed by atoms with Gasteiger partial charge in [-0.3, -0.25) is 9.69 Å². The lowest BCUT2D eigenvalue weighted by atomic mass is 10.0. The van der Waals surface area contributed by atoms with Crippen molar-refractivity contribution in [3.63, 3.8) is 0 Å². The third kappa shape index (κ3) is 3.15. The zero-order valence-corrected chi connectivity index (χ0v) is 15.5. The highest BCUT2D eigenvalue weighted by Crippen LogP contribution is 2.32. The lowest BCUT2D eigenvalue weighted by Crippen LogP contribution is -2.61. The Bertz CT molecular complexity index is 927. The van der Waals surface area contributed by atoms with Crippen molar-refractivity contribution in [2.24, 2.45) is 0 Å². The number of carbonyl (C=O) groups excluding carboxylic acids is 1. The molecular weight excluding hydrogens is 348 g/mol. The summed E-state index contributed by atoms with van der Waals surface area (Å²) in [5, 5.41) is 0. The number of anilines is 1. The van der Waals surface area contributed by atoms with E-state index < -0.39 is 9.84 Å². The zero-order valence-electron chi connectivity index (χ0n) is 14.7. The molecule has 1 amide bonds. The van der Waals surface area contributed by atoms with Crippen molar-refractivity contribution in [2.75, 3.05) is 23.0 Å². The molecule has 2 aliphatic rings. The second-order valence-corrected chi connectivity index (χ2v) is 9.30. The molecule has 0 N–H and O–H groups in total. The van der Waals surface area contributed by atoms with Gasteiger partial charge >= 0.3 is 0 Å². The number of nitrogens with zero attached hydrogens (tertiary/aromatic N) is 2. The van der Waals surface area contributed by atoms with E-state index in [1.807, 2.05) is 66.4 Å². The van der Waals surface area contributed by atoms with Gasteiger partial charge in [0.05, 0.1) is 24.1 Å². The van der Waals surface area contributed by atoms with Gasteiger partial charge in [0.1, 0.15) is 0 Å². The number of sulfone groups is 1. The number of para-hydroxylation sites is 1. The first-order valence-electron chi connectivity index (χ1n) is 8.81. The standard InChI is InChI=1S/C20H22N2O3S/c1-15-7-5-6-8-16(15)11-21-12-20(23)22(17-9-3-2-4-10-17)19-14-26(24,25)13-18(19)21/h2-10,18-19H,11-14H2,1H3. The first-order chi connectivity index (χ1) is 12.4. The molecule has 2 saturated heterocycles. The lowest BCUT2D eigenvalue weighted by molar-refractivity contribution is -0.123. The molecular formula is C20H22N2O3S. The maximum Gasteiger partial charge on any atom is 0.241 e. The van der Waals surface area contributed by atoms with Crippen LogP contribution < -0.4 is 4.90 Å². The van der Waals surface area contributed by atoms with Crippen LogP contribution in [-0.4, -0.2) is 49.4 Å². The van der Waals surface area contributed by atoms with Gasteiger partial charge in [0.25, 0.3) is 0 Å². The number of aryl methyl sites for hydroxylation is 1. The molecule has 0 spiro atoms. The second-order valence-electron chi connectivity index (χ2n) is 7.14. The fourth-order valence-corrected chi connectivity index (χ4v) is 6.04. The Labute approximate surface area is 154 Å². The summed E-state index contributed by atoms with van der Waals surface area (Å²) in [4.78, 5) is 16.7. The lowest BCUT2D eigenvalue weighted by Gasteiger charge is -2.43. The Balaban J connectivity index is 1.68. The third-order valence-corrected chi connectivity index (χ3v) is 7.07. The number of fused-ring (bicyclic) bond motifs is 1. The summed E-state index contributed by atoms with van der Waals surface area (Å²) >= 11 is 0. The molecule has 0 saturated carbocycles. The van der Waals surface area contributed by atoms with Crippen molar-refractivity contribution < 1.29 is 13.2 Å². The monoisotopic (exact) mass is 370 g/mol. The van der Waals surface area contributed by atoms with Gasteiger partial charge in [-0.15, -0.1) is 0 Å². The van der Waals surface area contributed by atoms with Crippen LogP contribution in [-0.2, 0) is 21.2 Å². The fraction of sp³-hybridized carbons (Fsp3) is 0.350. The van der Waals surface area contributed by atoms with E-state index in [2.05, 4.69) is 0 Å². The molecule has 0 bridgehead atoms. The van der Waals surface area contributed by atoms with Crippen molar-refractivity contribution in [1.29, 1.82) is 0 Å². The van der Waals surface area contributed by atoms with E-state index in [9.17, 15) is 13.2 Å². The van der Waals surface area contributed by atoms with Crippen molar-refractivity contribution in [1.82, 2.24) is 4.90 Å². The van der Waals surface area contributed by atoms with E-state index >= 15 is 0 Å². The molecule has 2 unspecified atom stereocenters. The van der Waals surface area contributed by atoms with Crippen LogP contribution >= 0.6 is 0 Å². The van der Waals surface area contributed by atoms with Gasteiger partial charge in [-0.2, -0.15) is 0 Å². The summed E-state index contributed by atoms with van der Waals surface area (Å²) < 4.78 is 24.8.